The van der Waals surface area contributed by atoms with Crippen molar-refractivity contribution >= 4 is 23.2 Å². The molecule has 0 aliphatic carbocycles. The summed E-state index contributed by atoms with van der Waals surface area (Å²) in [5.41, 5.74) is 5.48. The van der Waals surface area contributed by atoms with Crippen molar-refractivity contribution in [3.63, 3.8) is 0 Å². The van der Waals surface area contributed by atoms with Gasteiger partial charge in [0.1, 0.15) is 17.2 Å². The minimum Gasteiger partial charge on any atom is -0.388 e. The molecule has 8 heteroatoms. The highest BCUT2D eigenvalue weighted by atomic mass is 32.1. The van der Waals surface area contributed by atoms with E-state index in [-0.39, 0.29) is 16.6 Å². The molecule has 0 radical (unpaired) electrons. The van der Waals surface area contributed by atoms with Gasteiger partial charge in [-0.2, -0.15) is 13.2 Å². The quantitative estimate of drug-likeness (QED) is 0.769. The summed E-state index contributed by atoms with van der Waals surface area (Å²) in [6, 6.07) is 1.42. The van der Waals surface area contributed by atoms with Crippen molar-refractivity contribution in [2.24, 2.45) is 5.73 Å². The standard InChI is InChI=1S/C7H7F3N4S/c8-7(9,10)3-13-6-12-2-1-4(14-6)5(11)15/h1-2H,3H2,(H2,11,15)(H,12,13,14). The van der Waals surface area contributed by atoms with Crippen molar-refractivity contribution in [2.45, 2.75) is 6.18 Å². The highest BCUT2D eigenvalue weighted by Crippen LogP contribution is 2.14. The van der Waals surface area contributed by atoms with Crippen LogP contribution in [0.3, 0.4) is 0 Å². The molecule has 3 N–H and O–H groups in total. The van der Waals surface area contributed by atoms with E-state index in [0.29, 0.717) is 0 Å². The van der Waals surface area contributed by atoms with Crippen molar-refractivity contribution in [3.8, 4) is 0 Å². The summed E-state index contributed by atoms with van der Waals surface area (Å²) < 4.78 is 35.5. The number of aromatic nitrogens is 2. The highest BCUT2D eigenvalue weighted by molar-refractivity contribution is 7.80. The van der Waals surface area contributed by atoms with Gasteiger partial charge in [0, 0.05) is 6.20 Å². The average Bonchev–Trinajstić information content (AvgIpc) is 2.14. The zero-order valence-corrected chi connectivity index (χ0v) is 8.19. The number of halogens is 3. The van der Waals surface area contributed by atoms with Crippen LogP contribution in [-0.4, -0.2) is 27.7 Å². The molecule has 4 nitrogen and oxygen atoms in total. The molecule has 0 atom stereocenters. The second-order valence-electron chi connectivity index (χ2n) is 2.60. The molecule has 1 aromatic heterocycles. The van der Waals surface area contributed by atoms with Crippen molar-refractivity contribution in [1.82, 2.24) is 9.97 Å². The predicted molar refractivity (Wildman–Crippen MR) is 52.5 cm³/mol. The molecule has 0 fully saturated rings. The van der Waals surface area contributed by atoms with E-state index in [1.807, 2.05) is 5.32 Å². The number of anilines is 1. The predicted octanol–water partition coefficient (Wildman–Crippen LogP) is 1.08. The first kappa shape index (κ1) is 11.6. The average molecular weight is 236 g/mol. The van der Waals surface area contributed by atoms with E-state index in [1.54, 1.807) is 0 Å². The Hall–Kier alpha value is -1.44. The number of nitrogens with two attached hydrogens (primary N) is 1. The topological polar surface area (TPSA) is 63.8 Å². The molecule has 0 spiro atoms. The first-order chi connectivity index (χ1) is 6.88. The van der Waals surface area contributed by atoms with E-state index in [1.165, 1.54) is 12.3 Å². The normalized spacial score (nSPS) is 11.1. The van der Waals surface area contributed by atoms with E-state index >= 15 is 0 Å². The van der Waals surface area contributed by atoms with Crippen LogP contribution in [0.25, 0.3) is 0 Å². The summed E-state index contributed by atoms with van der Waals surface area (Å²) in [6.07, 6.45) is -3.04. The van der Waals surface area contributed by atoms with Crippen LogP contribution in [0.2, 0.25) is 0 Å². The molecule has 15 heavy (non-hydrogen) atoms. The summed E-state index contributed by atoms with van der Waals surface area (Å²) >= 11 is 4.62. The SMILES string of the molecule is NC(=S)c1ccnc(NCC(F)(F)F)n1. The van der Waals surface area contributed by atoms with E-state index in [2.05, 4.69) is 22.2 Å². The fourth-order valence-corrected chi connectivity index (χ4v) is 0.874. The van der Waals surface area contributed by atoms with E-state index in [9.17, 15) is 13.2 Å². The first-order valence-corrected chi connectivity index (χ1v) is 4.23. The molecule has 1 aromatic rings. The number of hydrogen-bond acceptors (Lipinski definition) is 4. The Morgan fingerprint density at radius 3 is 2.73 bits per heavy atom. The van der Waals surface area contributed by atoms with E-state index in [4.69, 9.17) is 5.73 Å². The van der Waals surface area contributed by atoms with Crippen LogP contribution in [0.5, 0.6) is 0 Å². The van der Waals surface area contributed by atoms with Crippen LogP contribution in [0.1, 0.15) is 5.69 Å². The van der Waals surface area contributed by atoms with Gasteiger partial charge in [0.05, 0.1) is 0 Å². The fraction of sp³-hybridized carbons (Fsp3) is 0.286. The van der Waals surface area contributed by atoms with Gasteiger partial charge >= 0.3 is 6.18 Å². The summed E-state index contributed by atoms with van der Waals surface area (Å²) in [5.74, 6) is -0.155. The number of alkyl halides is 3. The molecule has 1 heterocycles. The zero-order chi connectivity index (χ0) is 11.5. The van der Waals surface area contributed by atoms with Crippen LogP contribution in [-0.2, 0) is 0 Å². The lowest BCUT2D eigenvalue weighted by Crippen LogP contribution is -2.23. The molecule has 82 valence electrons. The van der Waals surface area contributed by atoms with Gasteiger partial charge in [0.2, 0.25) is 5.95 Å². The van der Waals surface area contributed by atoms with Crippen LogP contribution >= 0.6 is 12.2 Å². The maximum absolute atomic E-state index is 11.8. The van der Waals surface area contributed by atoms with Gasteiger partial charge in [-0.1, -0.05) is 12.2 Å². The molecule has 0 aliphatic heterocycles. The lowest BCUT2D eigenvalue weighted by molar-refractivity contribution is -0.115. The number of nitrogens with one attached hydrogen (secondary N) is 1. The summed E-state index contributed by atoms with van der Waals surface area (Å²) in [5, 5.41) is 2.02. The van der Waals surface area contributed by atoms with Gasteiger partial charge in [-0.15, -0.1) is 0 Å². The van der Waals surface area contributed by atoms with Crippen molar-refractivity contribution in [1.29, 1.82) is 0 Å². The van der Waals surface area contributed by atoms with Crippen molar-refractivity contribution in [2.75, 3.05) is 11.9 Å². The van der Waals surface area contributed by atoms with Gasteiger partial charge in [-0.05, 0) is 6.07 Å². The van der Waals surface area contributed by atoms with Gasteiger partial charge in [-0.25, -0.2) is 9.97 Å². The molecule has 0 aliphatic rings. The molecular formula is C7H7F3N4S. The van der Waals surface area contributed by atoms with Crippen LogP contribution in [0.15, 0.2) is 12.3 Å². The van der Waals surface area contributed by atoms with Crippen LogP contribution in [0.4, 0.5) is 19.1 Å². The molecule has 0 bridgehead atoms. The highest BCUT2D eigenvalue weighted by Gasteiger charge is 2.27. The van der Waals surface area contributed by atoms with Gasteiger partial charge in [0.25, 0.3) is 0 Å². The Kier molecular flexibility index (Phi) is 3.40. The molecule has 0 saturated carbocycles. The maximum atomic E-state index is 11.8. The Bertz CT molecular complexity index is 365. The van der Waals surface area contributed by atoms with E-state index in [0.717, 1.165) is 0 Å². The van der Waals surface area contributed by atoms with Crippen LogP contribution < -0.4 is 11.1 Å². The third-order valence-electron chi connectivity index (χ3n) is 1.35. The van der Waals surface area contributed by atoms with Crippen LogP contribution in [0, 0.1) is 0 Å². The Morgan fingerprint density at radius 2 is 2.20 bits per heavy atom. The number of hydrogen-bond donors (Lipinski definition) is 2. The number of thiocarbonyl (C=S) groups is 1. The Morgan fingerprint density at radius 1 is 1.53 bits per heavy atom. The molecule has 0 saturated heterocycles. The maximum Gasteiger partial charge on any atom is 0.405 e. The Balaban J connectivity index is 2.70. The first-order valence-electron chi connectivity index (χ1n) is 3.82. The molecule has 0 unspecified atom stereocenters. The van der Waals surface area contributed by atoms with Gasteiger partial charge < -0.3 is 11.1 Å². The van der Waals surface area contributed by atoms with Crippen molar-refractivity contribution in [3.05, 3.63) is 18.0 Å². The van der Waals surface area contributed by atoms with E-state index < -0.39 is 12.7 Å². The fourth-order valence-electron chi connectivity index (χ4n) is 0.760. The minimum atomic E-state index is -4.32. The second-order valence-corrected chi connectivity index (χ2v) is 3.04. The molecular weight excluding hydrogens is 229 g/mol. The van der Waals surface area contributed by atoms with Gasteiger partial charge in [-0.3, -0.25) is 0 Å². The lowest BCUT2D eigenvalue weighted by atomic mass is 10.4. The van der Waals surface area contributed by atoms with Gasteiger partial charge in [0.15, 0.2) is 0 Å². The monoisotopic (exact) mass is 236 g/mol. The smallest absolute Gasteiger partial charge is 0.388 e. The molecule has 0 amide bonds. The largest absolute Gasteiger partial charge is 0.405 e. The molecule has 0 aromatic carbocycles. The second kappa shape index (κ2) is 4.39. The number of nitrogens with zero attached hydrogens (tertiary/aromatic N) is 2. The molecule has 1 rings (SSSR count). The zero-order valence-electron chi connectivity index (χ0n) is 7.38. The van der Waals surface area contributed by atoms with Crippen molar-refractivity contribution < 1.29 is 13.2 Å². The number of rotatable bonds is 3. The summed E-state index contributed by atoms with van der Waals surface area (Å²) in [4.78, 5) is 7.28. The summed E-state index contributed by atoms with van der Waals surface area (Å²) in [6.45, 7) is -1.20. The lowest BCUT2D eigenvalue weighted by Gasteiger charge is -2.08. The minimum absolute atomic E-state index is 0.00691. The summed E-state index contributed by atoms with van der Waals surface area (Å²) in [7, 11) is 0. The Labute approximate surface area is 88.7 Å². The third kappa shape index (κ3) is 4.07. The third-order valence-corrected chi connectivity index (χ3v) is 1.56.